The Labute approximate surface area is 152 Å². The van der Waals surface area contributed by atoms with Gasteiger partial charge in [-0.1, -0.05) is 6.07 Å². The van der Waals surface area contributed by atoms with Crippen molar-refractivity contribution in [2.24, 2.45) is 13.0 Å². The van der Waals surface area contributed by atoms with Crippen molar-refractivity contribution >= 4 is 5.78 Å². The SMILES string of the molecule is CC(=O)c1cc(CN2C[C@H]3C[C@@H](C2)[C@H](CO)n2c3cccc2=O)n(C)c1. The number of carbonyl (C=O) groups excluding carboxylic acids is 1. The van der Waals surface area contributed by atoms with E-state index in [1.807, 2.05) is 40.6 Å². The fraction of sp³-hybridized carbons (Fsp3) is 0.500. The van der Waals surface area contributed by atoms with E-state index in [0.717, 1.165) is 43.0 Å². The van der Waals surface area contributed by atoms with Crippen molar-refractivity contribution in [3.05, 3.63) is 57.8 Å². The molecule has 0 aliphatic carbocycles. The van der Waals surface area contributed by atoms with E-state index in [1.165, 1.54) is 0 Å². The Morgan fingerprint density at radius 1 is 1.31 bits per heavy atom. The maximum Gasteiger partial charge on any atom is 0.251 e. The van der Waals surface area contributed by atoms with Crippen molar-refractivity contribution in [1.82, 2.24) is 14.0 Å². The Morgan fingerprint density at radius 3 is 2.81 bits per heavy atom. The van der Waals surface area contributed by atoms with Crippen LogP contribution in [0.15, 0.2) is 35.3 Å². The first-order valence-corrected chi connectivity index (χ1v) is 9.18. The molecule has 2 bridgehead atoms. The first-order chi connectivity index (χ1) is 12.5. The Kier molecular flexibility index (Phi) is 4.32. The molecule has 2 aliphatic heterocycles. The van der Waals surface area contributed by atoms with Crippen LogP contribution in [0.3, 0.4) is 0 Å². The highest BCUT2D eigenvalue weighted by Crippen LogP contribution is 2.41. The number of ketones is 1. The van der Waals surface area contributed by atoms with E-state index in [2.05, 4.69) is 4.90 Å². The molecule has 0 aromatic carbocycles. The quantitative estimate of drug-likeness (QED) is 0.845. The molecule has 4 heterocycles. The molecule has 2 aromatic rings. The molecule has 0 amide bonds. The topological polar surface area (TPSA) is 67.5 Å². The molecule has 1 fully saturated rings. The van der Waals surface area contributed by atoms with Crippen molar-refractivity contribution in [2.45, 2.75) is 31.8 Å². The molecule has 2 aliphatic rings. The van der Waals surface area contributed by atoms with E-state index in [1.54, 1.807) is 13.0 Å². The van der Waals surface area contributed by atoms with E-state index >= 15 is 0 Å². The van der Waals surface area contributed by atoms with Crippen molar-refractivity contribution in [3.8, 4) is 0 Å². The number of piperidine rings is 1. The van der Waals surface area contributed by atoms with Gasteiger partial charge in [-0.15, -0.1) is 0 Å². The first-order valence-electron chi connectivity index (χ1n) is 9.18. The van der Waals surface area contributed by atoms with Gasteiger partial charge in [0.25, 0.3) is 5.56 Å². The lowest BCUT2D eigenvalue weighted by atomic mass is 9.78. The van der Waals surface area contributed by atoms with Crippen LogP contribution in [0.5, 0.6) is 0 Å². The lowest BCUT2D eigenvalue weighted by molar-refractivity contribution is 0.0571. The highest BCUT2D eigenvalue weighted by Gasteiger charge is 2.40. The van der Waals surface area contributed by atoms with Gasteiger partial charge in [0, 0.05) is 61.8 Å². The normalized spacial score (nSPS) is 25.1. The number of nitrogens with zero attached hydrogens (tertiary/aromatic N) is 3. The maximum absolute atomic E-state index is 12.4. The molecule has 6 nitrogen and oxygen atoms in total. The van der Waals surface area contributed by atoms with E-state index in [0.29, 0.717) is 5.92 Å². The second-order valence-electron chi connectivity index (χ2n) is 7.68. The number of aliphatic hydroxyl groups is 1. The zero-order valence-electron chi connectivity index (χ0n) is 15.3. The summed E-state index contributed by atoms with van der Waals surface area (Å²) in [4.78, 5) is 26.4. The van der Waals surface area contributed by atoms with E-state index in [-0.39, 0.29) is 29.9 Å². The third-order valence-electron chi connectivity index (χ3n) is 5.96. The molecular formula is C20H25N3O3. The van der Waals surface area contributed by atoms with Crippen LogP contribution < -0.4 is 5.56 Å². The number of Topliss-reactive ketones (excluding diaryl/α,β-unsaturated/α-hetero) is 1. The summed E-state index contributed by atoms with van der Waals surface area (Å²) in [7, 11) is 1.97. The Balaban J connectivity index is 1.62. The smallest absolute Gasteiger partial charge is 0.251 e. The molecular weight excluding hydrogens is 330 g/mol. The van der Waals surface area contributed by atoms with Crippen LogP contribution in [0.2, 0.25) is 0 Å². The number of likely N-dealkylation sites (tertiary alicyclic amines) is 1. The molecule has 6 heteroatoms. The molecule has 26 heavy (non-hydrogen) atoms. The maximum atomic E-state index is 12.4. The van der Waals surface area contributed by atoms with Gasteiger partial charge in [0.2, 0.25) is 0 Å². The molecule has 138 valence electrons. The summed E-state index contributed by atoms with van der Waals surface area (Å²) in [6.07, 6.45) is 2.89. The Hall–Kier alpha value is -2.18. The molecule has 0 spiro atoms. The zero-order chi connectivity index (χ0) is 18.4. The number of pyridine rings is 1. The minimum atomic E-state index is -0.154. The lowest BCUT2D eigenvalue weighted by Crippen LogP contribution is -2.50. The predicted molar refractivity (Wildman–Crippen MR) is 98.4 cm³/mol. The number of aromatic nitrogens is 2. The van der Waals surface area contributed by atoms with Crippen LogP contribution in [0, 0.1) is 5.92 Å². The predicted octanol–water partition coefficient (Wildman–Crippen LogP) is 1.54. The first kappa shape index (κ1) is 17.2. The molecule has 4 rings (SSSR count). The van der Waals surface area contributed by atoms with Gasteiger partial charge in [-0.3, -0.25) is 14.5 Å². The number of fused-ring (bicyclic) bond motifs is 4. The third-order valence-corrected chi connectivity index (χ3v) is 5.96. The summed E-state index contributed by atoms with van der Waals surface area (Å²) >= 11 is 0. The standard InChI is InChI=1S/C20H25N3O3/c1-13(25)14-7-17(21(2)8-14)11-22-9-15-6-16(10-22)19(12-24)23-18(15)4-3-5-20(23)26/h3-5,7-8,15-16,19,24H,6,9-12H2,1-2H3/t15-,16+,19+/m1/s1. The number of hydrogen-bond acceptors (Lipinski definition) is 4. The van der Waals surface area contributed by atoms with Crippen molar-refractivity contribution in [1.29, 1.82) is 0 Å². The average Bonchev–Trinajstić information content (AvgIpc) is 2.97. The summed E-state index contributed by atoms with van der Waals surface area (Å²) in [5.41, 5.74) is 2.87. The number of aliphatic hydroxyl groups excluding tert-OH is 1. The highest BCUT2D eigenvalue weighted by molar-refractivity contribution is 5.94. The van der Waals surface area contributed by atoms with Gasteiger partial charge in [0.05, 0.1) is 12.6 Å². The number of carbonyl (C=O) groups is 1. The summed E-state index contributed by atoms with van der Waals surface area (Å²) in [6, 6.07) is 7.23. The van der Waals surface area contributed by atoms with Crippen LogP contribution in [-0.2, 0) is 13.6 Å². The zero-order valence-corrected chi connectivity index (χ0v) is 15.3. The minimum Gasteiger partial charge on any atom is -0.394 e. The van der Waals surface area contributed by atoms with Gasteiger partial charge < -0.3 is 14.2 Å². The molecule has 1 saturated heterocycles. The average molecular weight is 355 g/mol. The minimum absolute atomic E-state index is 0.0131. The second-order valence-corrected chi connectivity index (χ2v) is 7.68. The Bertz CT molecular complexity index is 898. The molecule has 3 atom stereocenters. The summed E-state index contributed by atoms with van der Waals surface area (Å²) in [5, 5.41) is 9.94. The van der Waals surface area contributed by atoms with E-state index in [9.17, 15) is 14.7 Å². The van der Waals surface area contributed by atoms with Crippen LogP contribution in [0.4, 0.5) is 0 Å². The summed E-state index contributed by atoms with van der Waals surface area (Å²) in [5.74, 6) is 0.646. The molecule has 2 aromatic heterocycles. The van der Waals surface area contributed by atoms with E-state index < -0.39 is 0 Å². The monoisotopic (exact) mass is 355 g/mol. The van der Waals surface area contributed by atoms with Crippen LogP contribution in [-0.4, -0.2) is 44.6 Å². The van der Waals surface area contributed by atoms with Crippen LogP contribution in [0.1, 0.15) is 47.1 Å². The van der Waals surface area contributed by atoms with Crippen LogP contribution in [0.25, 0.3) is 0 Å². The van der Waals surface area contributed by atoms with Gasteiger partial charge in [0.15, 0.2) is 5.78 Å². The van der Waals surface area contributed by atoms with Gasteiger partial charge in [-0.05, 0) is 31.4 Å². The Morgan fingerprint density at radius 2 is 2.12 bits per heavy atom. The number of aryl methyl sites for hydroxylation is 1. The summed E-state index contributed by atoms with van der Waals surface area (Å²) in [6.45, 7) is 4.08. The fourth-order valence-electron chi connectivity index (χ4n) is 4.69. The molecule has 0 saturated carbocycles. The fourth-order valence-corrected chi connectivity index (χ4v) is 4.69. The van der Waals surface area contributed by atoms with E-state index in [4.69, 9.17) is 0 Å². The number of hydrogen-bond donors (Lipinski definition) is 1. The highest BCUT2D eigenvalue weighted by atomic mass is 16.3. The lowest BCUT2D eigenvalue weighted by Gasteiger charge is -2.46. The molecule has 1 N–H and O–H groups in total. The van der Waals surface area contributed by atoms with Crippen LogP contribution >= 0.6 is 0 Å². The second kappa shape index (κ2) is 6.52. The van der Waals surface area contributed by atoms with Crippen molar-refractivity contribution < 1.29 is 9.90 Å². The summed E-state index contributed by atoms with van der Waals surface area (Å²) < 4.78 is 3.83. The van der Waals surface area contributed by atoms with Gasteiger partial charge >= 0.3 is 0 Å². The largest absolute Gasteiger partial charge is 0.394 e. The molecule has 0 radical (unpaired) electrons. The number of rotatable bonds is 4. The van der Waals surface area contributed by atoms with Gasteiger partial charge in [-0.25, -0.2) is 0 Å². The van der Waals surface area contributed by atoms with Gasteiger partial charge in [0.1, 0.15) is 0 Å². The van der Waals surface area contributed by atoms with Gasteiger partial charge in [-0.2, -0.15) is 0 Å². The molecule has 0 unspecified atom stereocenters. The van der Waals surface area contributed by atoms with Crippen molar-refractivity contribution in [2.75, 3.05) is 19.7 Å². The third kappa shape index (κ3) is 2.83. The van der Waals surface area contributed by atoms with Crippen molar-refractivity contribution in [3.63, 3.8) is 0 Å².